The van der Waals surface area contributed by atoms with Crippen LogP contribution in [0.3, 0.4) is 0 Å². The monoisotopic (exact) mass is 421 g/mol. The Balaban J connectivity index is 1.65. The number of aromatic hydroxyl groups is 1. The quantitative estimate of drug-likeness (QED) is 0.423. The molecule has 152 valence electrons. The van der Waals surface area contributed by atoms with Crippen LogP contribution in [0.1, 0.15) is 11.1 Å². The van der Waals surface area contributed by atoms with Crippen LogP contribution in [0.5, 0.6) is 11.5 Å². The molecular weight excluding hydrogens is 402 g/mol. The fraction of sp³-hybridized carbons (Fsp3) is 0.125. The van der Waals surface area contributed by atoms with Gasteiger partial charge in [0.05, 0.1) is 11.1 Å². The summed E-state index contributed by atoms with van der Waals surface area (Å²) >= 11 is 5.99. The van der Waals surface area contributed by atoms with Crippen LogP contribution >= 0.6 is 11.6 Å². The Kier molecular flexibility index (Phi) is 5.74. The molecule has 0 saturated carbocycles. The highest BCUT2D eigenvalue weighted by Gasteiger charge is 2.14. The lowest BCUT2D eigenvalue weighted by molar-refractivity contribution is 0.0511. The summed E-state index contributed by atoms with van der Waals surface area (Å²) in [7, 11) is 1.58. The summed E-state index contributed by atoms with van der Waals surface area (Å²) in [5.74, 6) is 0.685. The number of aromatic amines is 1. The molecule has 0 saturated heterocycles. The Labute approximate surface area is 178 Å². The average Bonchev–Trinajstić information content (AvgIpc) is 2.73. The van der Waals surface area contributed by atoms with E-state index in [1.54, 1.807) is 25.3 Å². The molecule has 0 aliphatic carbocycles. The average molecular weight is 422 g/mol. The lowest BCUT2D eigenvalue weighted by Gasteiger charge is -2.10. The molecule has 0 bridgehead atoms. The minimum atomic E-state index is -0.362. The number of benzene rings is 3. The molecule has 4 aromatic rings. The molecule has 0 unspecified atom stereocenters. The highest BCUT2D eigenvalue weighted by Crippen LogP contribution is 2.33. The van der Waals surface area contributed by atoms with E-state index in [9.17, 15) is 9.90 Å². The van der Waals surface area contributed by atoms with Crippen molar-refractivity contribution in [3.8, 4) is 22.6 Å². The predicted molar refractivity (Wildman–Crippen MR) is 118 cm³/mol. The molecule has 1 aromatic heterocycles. The first kappa shape index (κ1) is 20.0. The Morgan fingerprint density at radius 2 is 1.80 bits per heavy atom. The van der Waals surface area contributed by atoms with Gasteiger partial charge in [-0.2, -0.15) is 0 Å². The van der Waals surface area contributed by atoms with E-state index in [1.165, 1.54) is 0 Å². The number of methoxy groups -OCH3 is 1. The normalized spacial score (nSPS) is 11.0. The number of hydrogen-bond donors (Lipinski definition) is 2. The van der Waals surface area contributed by atoms with Gasteiger partial charge in [-0.05, 0) is 53.4 Å². The van der Waals surface area contributed by atoms with Gasteiger partial charge < -0.3 is 19.6 Å². The van der Waals surface area contributed by atoms with E-state index in [0.717, 1.165) is 16.9 Å². The Morgan fingerprint density at radius 1 is 1.00 bits per heavy atom. The number of aromatic nitrogens is 1. The molecule has 0 atom stereocenters. The van der Waals surface area contributed by atoms with Gasteiger partial charge in [0, 0.05) is 17.5 Å². The number of H-pyrrole nitrogens is 1. The standard InChI is InChI=1S/C24H20ClNO4/c1-29-14-30-19-8-5-15(6-9-19)11-16-3-2-4-17(12-16)22-23(27)20-10-7-18(25)13-21(20)26-24(22)28/h2-10,12-13H,11,14H2,1H3,(H2,26,27,28). The molecule has 6 heteroatoms. The second-order valence-electron chi connectivity index (χ2n) is 6.94. The molecule has 1 heterocycles. The van der Waals surface area contributed by atoms with Crippen LogP contribution in [0, 0.1) is 0 Å². The topological polar surface area (TPSA) is 71.5 Å². The van der Waals surface area contributed by atoms with Crippen molar-refractivity contribution in [2.24, 2.45) is 0 Å². The first-order chi connectivity index (χ1) is 14.5. The zero-order chi connectivity index (χ0) is 21.1. The zero-order valence-electron chi connectivity index (χ0n) is 16.3. The molecule has 0 spiro atoms. The fourth-order valence-electron chi connectivity index (χ4n) is 3.42. The molecule has 0 aliphatic heterocycles. The third-order valence-electron chi connectivity index (χ3n) is 4.84. The molecular formula is C24H20ClNO4. The largest absolute Gasteiger partial charge is 0.506 e. The van der Waals surface area contributed by atoms with Crippen molar-refractivity contribution in [3.05, 3.63) is 93.2 Å². The van der Waals surface area contributed by atoms with Crippen molar-refractivity contribution in [3.63, 3.8) is 0 Å². The van der Waals surface area contributed by atoms with Crippen LogP contribution in [-0.4, -0.2) is 24.0 Å². The van der Waals surface area contributed by atoms with E-state index >= 15 is 0 Å². The Bertz CT molecular complexity index is 1250. The van der Waals surface area contributed by atoms with Gasteiger partial charge in [-0.15, -0.1) is 0 Å². The SMILES string of the molecule is COCOc1ccc(Cc2cccc(-c3c(O)c4ccc(Cl)cc4[nH]c3=O)c2)cc1. The smallest absolute Gasteiger partial charge is 0.260 e. The van der Waals surface area contributed by atoms with Gasteiger partial charge in [0.1, 0.15) is 11.5 Å². The molecule has 3 aromatic carbocycles. The third kappa shape index (κ3) is 4.17. The number of nitrogens with one attached hydrogen (secondary N) is 1. The predicted octanol–water partition coefficient (Wildman–Crippen LogP) is 5.13. The van der Waals surface area contributed by atoms with Crippen molar-refractivity contribution in [1.29, 1.82) is 0 Å². The van der Waals surface area contributed by atoms with E-state index in [2.05, 4.69) is 4.98 Å². The minimum Gasteiger partial charge on any atom is -0.506 e. The van der Waals surface area contributed by atoms with Crippen molar-refractivity contribution < 1.29 is 14.6 Å². The highest BCUT2D eigenvalue weighted by molar-refractivity contribution is 6.31. The maximum absolute atomic E-state index is 12.7. The third-order valence-corrected chi connectivity index (χ3v) is 5.07. The number of pyridine rings is 1. The summed E-state index contributed by atoms with van der Waals surface area (Å²) in [5, 5.41) is 11.8. The first-order valence-corrected chi connectivity index (χ1v) is 9.77. The second kappa shape index (κ2) is 8.61. The van der Waals surface area contributed by atoms with Crippen LogP contribution in [0.2, 0.25) is 5.02 Å². The molecule has 5 nitrogen and oxygen atoms in total. The second-order valence-corrected chi connectivity index (χ2v) is 7.38. The number of rotatable bonds is 6. The first-order valence-electron chi connectivity index (χ1n) is 9.39. The van der Waals surface area contributed by atoms with Gasteiger partial charge in [0.15, 0.2) is 6.79 Å². The number of ether oxygens (including phenoxy) is 2. The number of halogens is 1. The molecule has 0 aliphatic rings. The van der Waals surface area contributed by atoms with Crippen molar-refractivity contribution in [1.82, 2.24) is 4.98 Å². The summed E-state index contributed by atoms with van der Waals surface area (Å²) in [6.45, 7) is 0.206. The molecule has 0 radical (unpaired) electrons. The Morgan fingerprint density at radius 3 is 2.57 bits per heavy atom. The zero-order valence-corrected chi connectivity index (χ0v) is 17.1. The highest BCUT2D eigenvalue weighted by atomic mass is 35.5. The van der Waals surface area contributed by atoms with Crippen molar-refractivity contribution >= 4 is 22.5 Å². The van der Waals surface area contributed by atoms with Crippen LogP contribution in [0.25, 0.3) is 22.0 Å². The summed E-state index contributed by atoms with van der Waals surface area (Å²) in [5.41, 5.74) is 3.16. The Hall–Kier alpha value is -3.28. The maximum atomic E-state index is 12.7. The number of fused-ring (bicyclic) bond motifs is 1. The van der Waals surface area contributed by atoms with Gasteiger partial charge >= 0.3 is 0 Å². The van der Waals surface area contributed by atoms with Crippen LogP contribution < -0.4 is 10.3 Å². The van der Waals surface area contributed by atoms with Gasteiger partial charge in [-0.3, -0.25) is 4.79 Å². The lowest BCUT2D eigenvalue weighted by atomic mass is 9.98. The van der Waals surface area contributed by atoms with E-state index in [1.807, 2.05) is 48.5 Å². The molecule has 4 rings (SSSR count). The van der Waals surface area contributed by atoms with E-state index in [-0.39, 0.29) is 23.7 Å². The van der Waals surface area contributed by atoms with Crippen LogP contribution in [0.15, 0.2) is 71.5 Å². The number of hydrogen-bond acceptors (Lipinski definition) is 4. The minimum absolute atomic E-state index is 0.0535. The van der Waals surface area contributed by atoms with Crippen molar-refractivity contribution in [2.45, 2.75) is 6.42 Å². The summed E-state index contributed by atoms with van der Waals surface area (Å²) in [6, 6.07) is 20.4. The van der Waals surface area contributed by atoms with E-state index in [0.29, 0.717) is 27.9 Å². The van der Waals surface area contributed by atoms with Crippen LogP contribution in [-0.2, 0) is 11.2 Å². The van der Waals surface area contributed by atoms with Gasteiger partial charge in [-0.25, -0.2) is 0 Å². The summed E-state index contributed by atoms with van der Waals surface area (Å²) < 4.78 is 10.3. The molecule has 2 N–H and O–H groups in total. The van der Waals surface area contributed by atoms with Gasteiger partial charge in [0.2, 0.25) is 0 Å². The molecule has 0 fully saturated rings. The summed E-state index contributed by atoms with van der Waals surface area (Å²) in [6.07, 6.45) is 0.681. The molecule has 30 heavy (non-hydrogen) atoms. The van der Waals surface area contributed by atoms with Gasteiger partial charge in [0.25, 0.3) is 5.56 Å². The fourth-order valence-corrected chi connectivity index (χ4v) is 3.60. The van der Waals surface area contributed by atoms with Gasteiger partial charge in [-0.1, -0.05) is 48.0 Å². The lowest BCUT2D eigenvalue weighted by Crippen LogP contribution is -2.09. The van der Waals surface area contributed by atoms with Crippen molar-refractivity contribution in [2.75, 3.05) is 13.9 Å². The molecule has 0 amide bonds. The maximum Gasteiger partial charge on any atom is 0.260 e. The summed E-state index contributed by atoms with van der Waals surface area (Å²) in [4.78, 5) is 15.5. The van der Waals surface area contributed by atoms with E-state index in [4.69, 9.17) is 21.1 Å². The van der Waals surface area contributed by atoms with E-state index < -0.39 is 0 Å². The van der Waals surface area contributed by atoms with Crippen LogP contribution in [0.4, 0.5) is 0 Å².